The fourth-order valence-corrected chi connectivity index (χ4v) is 4.29. The number of nitrogens with zero attached hydrogens (tertiary/aromatic N) is 3. The van der Waals surface area contributed by atoms with Crippen LogP contribution in [0.25, 0.3) is 11.3 Å². The number of furan rings is 1. The predicted molar refractivity (Wildman–Crippen MR) is 135 cm³/mol. The Morgan fingerprint density at radius 2 is 2.00 bits per heavy atom. The van der Waals surface area contributed by atoms with Crippen LogP contribution in [0, 0.1) is 18.7 Å². The Balaban J connectivity index is 1.16. The third-order valence-corrected chi connectivity index (χ3v) is 6.33. The fraction of sp³-hybridized carbons (Fsp3) is 0.444. The normalized spacial score (nSPS) is 15.1. The highest BCUT2D eigenvalue weighted by Crippen LogP contribution is 2.26. The monoisotopic (exact) mass is 496 g/mol. The fourth-order valence-electron chi connectivity index (χ4n) is 4.29. The van der Waals surface area contributed by atoms with Crippen LogP contribution >= 0.6 is 0 Å². The third-order valence-electron chi connectivity index (χ3n) is 6.33. The molecule has 3 aromatic rings. The molecule has 2 aromatic heterocycles. The van der Waals surface area contributed by atoms with E-state index in [1.165, 1.54) is 12.1 Å². The molecule has 3 heterocycles. The highest BCUT2D eigenvalue weighted by atomic mass is 19.1. The van der Waals surface area contributed by atoms with Crippen molar-refractivity contribution in [3.63, 3.8) is 0 Å². The van der Waals surface area contributed by atoms with E-state index in [0.29, 0.717) is 18.3 Å². The average molecular weight is 497 g/mol. The Labute approximate surface area is 210 Å². The maximum atomic E-state index is 14.3. The van der Waals surface area contributed by atoms with E-state index in [-0.39, 0.29) is 12.1 Å². The van der Waals surface area contributed by atoms with E-state index in [2.05, 4.69) is 20.2 Å². The van der Waals surface area contributed by atoms with Gasteiger partial charge in [0, 0.05) is 38.1 Å². The number of anilines is 1. The van der Waals surface area contributed by atoms with Crippen LogP contribution in [-0.4, -0.2) is 53.3 Å². The van der Waals surface area contributed by atoms with Gasteiger partial charge in [-0.15, -0.1) is 0 Å². The van der Waals surface area contributed by atoms with Crippen molar-refractivity contribution < 1.29 is 23.4 Å². The molecule has 0 saturated carbocycles. The van der Waals surface area contributed by atoms with Gasteiger partial charge in [-0.05, 0) is 69.7 Å². The zero-order valence-electron chi connectivity index (χ0n) is 20.7. The number of aliphatic hydroxyl groups is 1. The van der Waals surface area contributed by atoms with Gasteiger partial charge in [0.05, 0.1) is 23.8 Å². The first kappa shape index (κ1) is 25.6. The lowest BCUT2D eigenvalue weighted by atomic mass is 9.92. The number of ether oxygens (including phenoxy) is 1. The standard InChI is InChI=1S/C27H33FN4O4/c1-18(33)15-29-26(34)23-7-6-22(14-24(23)28)35-13-3-4-20-9-11-32(12-10-20)27-30-16-21(17-31-27)25-8-5-19(2)36-25/h5-8,14,16-18,20,33H,3-4,9-13,15H2,1-2H3,(H,29,34)/t18-/m1/s1. The van der Waals surface area contributed by atoms with Gasteiger partial charge >= 0.3 is 0 Å². The second-order valence-corrected chi connectivity index (χ2v) is 9.30. The van der Waals surface area contributed by atoms with Gasteiger partial charge < -0.3 is 24.5 Å². The summed E-state index contributed by atoms with van der Waals surface area (Å²) in [6.07, 6.45) is 6.96. The summed E-state index contributed by atoms with van der Waals surface area (Å²) in [6, 6.07) is 8.08. The van der Waals surface area contributed by atoms with Crippen LogP contribution in [0.3, 0.4) is 0 Å². The lowest BCUT2D eigenvalue weighted by molar-refractivity contribution is 0.0920. The molecular formula is C27H33FN4O4. The highest BCUT2D eigenvalue weighted by molar-refractivity contribution is 5.94. The van der Waals surface area contributed by atoms with Crippen molar-refractivity contribution in [2.24, 2.45) is 5.92 Å². The van der Waals surface area contributed by atoms with Crippen LogP contribution in [0.4, 0.5) is 10.3 Å². The molecule has 0 aliphatic carbocycles. The van der Waals surface area contributed by atoms with Crippen molar-refractivity contribution in [3.8, 4) is 17.1 Å². The predicted octanol–water partition coefficient (Wildman–Crippen LogP) is 4.37. The van der Waals surface area contributed by atoms with E-state index < -0.39 is 17.8 Å². The minimum Gasteiger partial charge on any atom is -0.493 e. The number of amides is 1. The lowest BCUT2D eigenvalue weighted by Gasteiger charge is -2.32. The second-order valence-electron chi connectivity index (χ2n) is 9.30. The van der Waals surface area contributed by atoms with Crippen LogP contribution < -0.4 is 15.0 Å². The van der Waals surface area contributed by atoms with Gasteiger partial charge in [-0.25, -0.2) is 14.4 Å². The number of nitrogens with one attached hydrogen (secondary N) is 1. The number of carbonyl (C=O) groups is 1. The number of aliphatic hydroxyl groups excluding tert-OH is 1. The van der Waals surface area contributed by atoms with Gasteiger partial charge in [-0.2, -0.15) is 0 Å². The van der Waals surface area contributed by atoms with Crippen LogP contribution in [0.15, 0.2) is 47.1 Å². The maximum absolute atomic E-state index is 14.3. The van der Waals surface area contributed by atoms with Gasteiger partial charge in [-0.1, -0.05) is 0 Å². The van der Waals surface area contributed by atoms with E-state index in [0.717, 1.165) is 61.8 Å². The quantitative estimate of drug-likeness (QED) is 0.402. The van der Waals surface area contributed by atoms with Gasteiger partial charge in [0.25, 0.3) is 5.91 Å². The molecule has 8 nitrogen and oxygen atoms in total. The SMILES string of the molecule is Cc1ccc(-c2cnc(N3CCC(CCCOc4ccc(C(=O)NC[C@@H](C)O)c(F)c4)CC3)nc2)o1. The van der Waals surface area contributed by atoms with Crippen molar-refractivity contribution in [1.82, 2.24) is 15.3 Å². The lowest BCUT2D eigenvalue weighted by Crippen LogP contribution is -2.34. The summed E-state index contributed by atoms with van der Waals surface area (Å²) < 4.78 is 25.6. The third kappa shape index (κ3) is 6.81. The number of halogens is 1. The largest absolute Gasteiger partial charge is 0.493 e. The Morgan fingerprint density at radius 3 is 2.64 bits per heavy atom. The molecule has 4 rings (SSSR count). The number of aromatic nitrogens is 2. The van der Waals surface area contributed by atoms with Gasteiger partial charge in [0.1, 0.15) is 23.1 Å². The zero-order valence-corrected chi connectivity index (χ0v) is 20.7. The molecule has 1 atom stereocenters. The molecule has 9 heteroatoms. The molecule has 0 bridgehead atoms. The minimum atomic E-state index is -0.691. The molecule has 1 fully saturated rings. The average Bonchev–Trinajstić information content (AvgIpc) is 3.32. The maximum Gasteiger partial charge on any atom is 0.254 e. The Hall–Kier alpha value is -3.46. The Bertz CT molecular complexity index is 1140. The number of piperidine rings is 1. The molecule has 0 radical (unpaired) electrons. The molecule has 2 N–H and O–H groups in total. The number of hydrogen-bond donors (Lipinski definition) is 2. The molecular weight excluding hydrogens is 463 g/mol. The summed E-state index contributed by atoms with van der Waals surface area (Å²) in [4.78, 5) is 23.3. The van der Waals surface area contributed by atoms with Crippen LogP contribution in [-0.2, 0) is 0 Å². The van der Waals surface area contributed by atoms with E-state index in [4.69, 9.17) is 9.15 Å². The molecule has 1 amide bonds. The van der Waals surface area contributed by atoms with E-state index in [9.17, 15) is 14.3 Å². The highest BCUT2D eigenvalue weighted by Gasteiger charge is 2.21. The van der Waals surface area contributed by atoms with E-state index in [1.807, 2.05) is 19.1 Å². The van der Waals surface area contributed by atoms with Crippen LogP contribution in [0.5, 0.6) is 5.75 Å². The molecule has 0 unspecified atom stereocenters. The van der Waals surface area contributed by atoms with Gasteiger partial charge in [0.2, 0.25) is 5.95 Å². The number of benzene rings is 1. The Kier molecular flexibility index (Phi) is 8.53. The molecule has 192 valence electrons. The van der Waals surface area contributed by atoms with Gasteiger partial charge in [-0.3, -0.25) is 4.79 Å². The molecule has 1 aliphatic rings. The first-order chi connectivity index (χ1) is 17.4. The first-order valence-electron chi connectivity index (χ1n) is 12.4. The van der Waals surface area contributed by atoms with Crippen molar-refractivity contribution in [2.45, 2.75) is 45.6 Å². The number of rotatable bonds is 10. The summed E-state index contributed by atoms with van der Waals surface area (Å²) in [6.45, 7) is 5.84. The second kappa shape index (κ2) is 12.0. The number of aryl methyl sites for hydroxylation is 1. The molecule has 1 aliphatic heterocycles. The zero-order chi connectivity index (χ0) is 25.5. The summed E-state index contributed by atoms with van der Waals surface area (Å²) in [7, 11) is 0. The molecule has 1 aromatic carbocycles. The summed E-state index contributed by atoms with van der Waals surface area (Å²) in [5.74, 6) is 2.19. The number of carbonyl (C=O) groups excluding carboxylic acids is 1. The van der Waals surface area contributed by atoms with Gasteiger partial charge in [0.15, 0.2) is 0 Å². The van der Waals surface area contributed by atoms with E-state index >= 15 is 0 Å². The summed E-state index contributed by atoms with van der Waals surface area (Å²) in [5.41, 5.74) is 0.806. The molecule has 0 spiro atoms. The van der Waals surface area contributed by atoms with Crippen LogP contribution in [0.2, 0.25) is 0 Å². The summed E-state index contributed by atoms with van der Waals surface area (Å²) in [5, 5.41) is 11.7. The molecule has 36 heavy (non-hydrogen) atoms. The topological polar surface area (TPSA) is 101 Å². The van der Waals surface area contributed by atoms with Crippen molar-refractivity contribution >= 4 is 11.9 Å². The van der Waals surface area contributed by atoms with Crippen molar-refractivity contribution in [2.75, 3.05) is 31.1 Å². The number of hydrogen-bond acceptors (Lipinski definition) is 7. The van der Waals surface area contributed by atoms with E-state index in [1.54, 1.807) is 25.4 Å². The first-order valence-corrected chi connectivity index (χ1v) is 12.4. The van der Waals surface area contributed by atoms with Crippen LogP contribution in [0.1, 0.15) is 48.7 Å². The Morgan fingerprint density at radius 1 is 1.25 bits per heavy atom. The van der Waals surface area contributed by atoms with Crippen molar-refractivity contribution in [3.05, 3.63) is 59.9 Å². The van der Waals surface area contributed by atoms with Crippen molar-refractivity contribution in [1.29, 1.82) is 0 Å². The minimum absolute atomic E-state index is 0.0653. The summed E-state index contributed by atoms with van der Waals surface area (Å²) >= 11 is 0. The smallest absolute Gasteiger partial charge is 0.254 e. The molecule has 1 saturated heterocycles.